The van der Waals surface area contributed by atoms with Crippen LogP contribution in [0.5, 0.6) is 0 Å². The number of amides is 1. The first-order chi connectivity index (χ1) is 8.99. The molecule has 1 saturated carbocycles. The van der Waals surface area contributed by atoms with E-state index in [9.17, 15) is 14.7 Å². The molecule has 5 heteroatoms. The molecule has 5 nitrogen and oxygen atoms in total. The summed E-state index contributed by atoms with van der Waals surface area (Å²) >= 11 is 0. The minimum atomic E-state index is -1.03. The van der Waals surface area contributed by atoms with Gasteiger partial charge < -0.3 is 16.2 Å². The van der Waals surface area contributed by atoms with Crippen LogP contribution in [0.2, 0.25) is 0 Å². The molecule has 0 aromatic heterocycles. The molecule has 4 N–H and O–H groups in total. The first-order valence-electron chi connectivity index (χ1n) is 6.38. The maximum absolute atomic E-state index is 12.1. The topological polar surface area (TPSA) is 92.4 Å². The van der Waals surface area contributed by atoms with Crippen LogP contribution in [0.25, 0.3) is 0 Å². The van der Waals surface area contributed by atoms with Crippen molar-refractivity contribution in [1.29, 1.82) is 0 Å². The number of rotatable bonds is 3. The van der Waals surface area contributed by atoms with E-state index in [2.05, 4.69) is 5.32 Å². The maximum Gasteiger partial charge on any atom is 0.338 e. The predicted octanol–water partition coefficient (Wildman–Crippen LogP) is 1.76. The van der Waals surface area contributed by atoms with E-state index in [0.717, 1.165) is 12.8 Å². The highest BCUT2D eigenvalue weighted by atomic mass is 16.4. The normalized spacial score (nSPS) is 22.2. The Morgan fingerprint density at radius 3 is 2.68 bits per heavy atom. The molecule has 1 aromatic carbocycles. The van der Waals surface area contributed by atoms with Gasteiger partial charge in [-0.05, 0) is 37.8 Å². The zero-order valence-corrected chi connectivity index (χ0v) is 10.8. The predicted molar refractivity (Wildman–Crippen MR) is 72.1 cm³/mol. The zero-order chi connectivity index (χ0) is 14.0. The third-order valence-electron chi connectivity index (χ3n) is 3.59. The Labute approximate surface area is 111 Å². The molecule has 1 aliphatic rings. The molecule has 0 heterocycles. The number of carboxylic acids is 1. The molecule has 2 unspecified atom stereocenters. The van der Waals surface area contributed by atoms with Crippen molar-refractivity contribution >= 4 is 17.6 Å². The lowest BCUT2D eigenvalue weighted by Crippen LogP contribution is -2.24. The Bertz CT molecular complexity index is 513. The van der Waals surface area contributed by atoms with Crippen LogP contribution in [0, 0.1) is 12.8 Å². The summed E-state index contributed by atoms with van der Waals surface area (Å²) in [5.41, 5.74) is 6.93. The number of anilines is 1. The highest BCUT2D eigenvalue weighted by Crippen LogP contribution is 2.27. The minimum absolute atomic E-state index is 0.0761. The number of carbonyl (C=O) groups excluding carboxylic acids is 1. The number of aryl methyl sites for hydroxylation is 1. The van der Waals surface area contributed by atoms with Gasteiger partial charge in [0.05, 0.1) is 11.3 Å². The maximum atomic E-state index is 12.1. The summed E-state index contributed by atoms with van der Waals surface area (Å²) in [6.07, 6.45) is 2.28. The van der Waals surface area contributed by atoms with Crippen LogP contribution in [0.3, 0.4) is 0 Å². The Kier molecular flexibility index (Phi) is 3.85. The van der Waals surface area contributed by atoms with Crippen LogP contribution in [-0.2, 0) is 4.79 Å². The summed E-state index contributed by atoms with van der Waals surface area (Å²) in [5.74, 6) is -1.28. The largest absolute Gasteiger partial charge is 0.478 e. The van der Waals surface area contributed by atoms with Gasteiger partial charge in [-0.2, -0.15) is 0 Å². The van der Waals surface area contributed by atoms with Gasteiger partial charge in [-0.25, -0.2) is 4.79 Å². The van der Waals surface area contributed by atoms with Crippen LogP contribution in [0.4, 0.5) is 5.69 Å². The number of nitrogens with two attached hydrogens (primary N) is 1. The summed E-state index contributed by atoms with van der Waals surface area (Å²) in [4.78, 5) is 23.3. The monoisotopic (exact) mass is 262 g/mol. The van der Waals surface area contributed by atoms with Crippen molar-refractivity contribution < 1.29 is 14.7 Å². The van der Waals surface area contributed by atoms with Gasteiger partial charge in [-0.15, -0.1) is 0 Å². The van der Waals surface area contributed by atoms with E-state index in [4.69, 9.17) is 5.73 Å². The van der Waals surface area contributed by atoms with E-state index in [-0.39, 0.29) is 23.4 Å². The molecule has 0 aliphatic heterocycles. The van der Waals surface area contributed by atoms with Gasteiger partial charge in [0.15, 0.2) is 0 Å². The summed E-state index contributed by atoms with van der Waals surface area (Å²) < 4.78 is 0. The highest BCUT2D eigenvalue weighted by Gasteiger charge is 2.28. The van der Waals surface area contributed by atoms with Gasteiger partial charge in [-0.3, -0.25) is 4.79 Å². The highest BCUT2D eigenvalue weighted by molar-refractivity contribution is 6.02. The molecule has 2 rings (SSSR count). The van der Waals surface area contributed by atoms with Crippen LogP contribution in [-0.4, -0.2) is 23.0 Å². The van der Waals surface area contributed by atoms with Gasteiger partial charge >= 0.3 is 5.97 Å². The van der Waals surface area contributed by atoms with Gasteiger partial charge in [0.1, 0.15) is 0 Å². The van der Waals surface area contributed by atoms with Crippen molar-refractivity contribution in [2.24, 2.45) is 11.7 Å². The smallest absolute Gasteiger partial charge is 0.338 e. The van der Waals surface area contributed by atoms with E-state index in [0.29, 0.717) is 17.7 Å². The second kappa shape index (κ2) is 5.40. The molecule has 2 atom stereocenters. The first kappa shape index (κ1) is 13.5. The second-order valence-electron chi connectivity index (χ2n) is 5.06. The van der Waals surface area contributed by atoms with Crippen molar-refractivity contribution in [2.45, 2.75) is 32.2 Å². The molecule has 1 fully saturated rings. The third-order valence-corrected chi connectivity index (χ3v) is 3.59. The summed E-state index contributed by atoms with van der Waals surface area (Å²) in [7, 11) is 0. The number of benzene rings is 1. The average Bonchev–Trinajstić information content (AvgIpc) is 2.75. The molecular formula is C14H18N2O3. The van der Waals surface area contributed by atoms with Crippen LogP contribution in [0.15, 0.2) is 18.2 Å². The quantitative estimate of drug-likeness (QED) is 0.773. The van der Waals surface area contributed by atoms with Gasteiger partial charge in [-0.1, -0.05) is 12.1 Å². The van der Waals surface area contributed by atoms with Gasteiger partial charge in [0.2, 0.25) is 5.91 Å². The van der Waals surface area contributed by atoms with Gasteiger partial charge in [0, 0.05) is 12.0 Å². The second-order valence-corrected chi connectivity index (χ2v) is 5.06. The molecule has 102 valence electrons. The number of aromatic carboxylic acids is 1. The fourth-order valence-corrected chi connectivity index (χ4v) is 2.55. The average molecular weight is 262 g/mol. The summed E-state index contributed by atoms with van der Waals surface area (Å²) in [6.45, 7) is 1.71. The fourth-order valence-electron chi connectivity index (χ4n) is 2.55. The molecule has 0 saturated heterocycles. The zero-order valence-electron chi connectivity index (χ0n) is 10.8. The van der Waals surface area contributed by atoms with E-state index >= 15 is 0 Å². The number of hydrogen-bond donors (Lipinski definition) is 3. The molecule has 0 spiro atoms. The molecular weight excluding hydrogens is 244 g/mol. The number of carbonyl (C=O) groups is 2. The number of hydrogen-bond acceptors (Lipinski definition) is 3. The Morgan fingerprint density at radius 1 is 1.37 bits per heavy atom. The number of nitrogens with one attached hydrogen (secondary N) is 1. The number of carboxylic acid groups (broad SMARTS) is 1. The van der Waals surface area contributed by atoms with Crippen LogP contribution < -0.4 is 11.1 Å². The molecule has 1 amide bonds. The first-order valence-corrected chi connectivity index (χ1v) is 6.38. The Hall–Kier alpha value is -1.88. The molecule has 19 heavy (non-hydrogen) atoms. The fraction of sp³-hybridized carbons (Fsp3) is 0.429. The molecule has 1 aromatic rings. The summed E-state index contributed by atoms with van der Waals surface area (Å²) in [5, 5.41) is 11.9. The van der Waals surface area contributed by atoms with Crippen LogP contribution >= 0.6 is 0 Å². The molecule has 0 radical (unpaired) electrons. The van der Waals surface area contributed by atoms with Crippen LogP contribution in [0.1, 0.15) is 35.2 Å². The Morgan fingerprint density at radius 2 is 2.11 bits per heavy atom. The van der Waals surface area contributed by atoms with Crippen molar-refractivity contribution in [2.75, 3.05) is 5.32 Å². The molecule has 0 bridgehead atoms. The van der Waals surface area contributed by atoms with E-state index < -0.39 is 5.97 Å². The third kappa shape index (κ3) is 2.93. The summed E-state index contributed by atoms with van der Waals surface area (Å²) in [6, 6.07) is 5.14. The SMILES string of the molecule is Cc1cccc(NC(=O)C2CCC(N)C2)c1C(=O)O. The minimum Gasteiger partial charge on any atom is -0.478 e. The lowest BCUT2D eigenvalue weighted by molar-refractivity contribution is -0.119. The lowest BCUT2D eigenvalue weighted by atomic mass is 10.0. The van der Waals surface area contributed by atoms with E-state index in [1.54, 1.807) is 25.1 Å². The Balaban J connectivity index is 2.17. The lowest BCUT2D eigenvalue weighted by Gasteiger charge is -2.13. The van der Waals surface area contributed by atoms with Gasteiger partial charge in [0.25, 0.3) is 0 Å². The standard InChI is InChI=1S/C14H18N2O3/c1-8-3-2-4-11(12(8)14(18)19)16-13(17)9-5-6-10(15)7-9/h2-4,9-10H,5-7,15H2,1H3,(H,16,17)(H,18,19). The van der Waals surface area contributed by atoms with Crippen molar-refractivity contribution in [1.82, 2.24) is 0 Å². The van der Waals surface area contributed by atoms with Crippen molar-refractivity contribution in [3.63, 3.8) is 0 Å². The van der Waals surface area contributed by atoms with E-state index in [1.807, 2.05) is 0 Å². The van der Waals surface area contributed by atoms with Crippen molar-refractivity contribution in [3.05, 3.63) is 29.3 Å². The van der Waals surface area contributed by atoms with E-state index in [1.165, 1.54) is 0 Å². The van der Waals surface area contributed by atoms with Crippen molar-refractivity contribution in [3.8, 4) is 0 Å². The molecule has 1 aliphatic carbocycles.